The molecule has 0 spiro atoms. The Morgan fingerprint density at radius 3 is 3.15 bits per heavy atom. The van der Waals surface area contributed by atoms with Gasteiger partial charge in [-0.15, -0.1) is 0 Å². The van der Waals surface area contributed by atoms with Gasteiger partial charge in [0.25, 0.3) is 0 Å². The molecule has 0 aromatic carbocycles. The molecule has 0 fully saturated rings. The van der Waals surface area contributed by atoms with Crippen molar-refractivity contribution in [1.82, 2.24) is 15.2 Å². The van der Waals surface area contributed by atoms with E-state index in [4.69, 9.17) is 0 Å². The molecule has 2 heterocycles. The van der Waals surface area contributed by atoms with Crippen LogP contribution in [0.2, 0.25) is 0 Å². The molecule has 1 atom stereocenters. The SMILES string of the molecule is CCC(C)c1n[nH]c2ncccc12. The van der Waals surface area contributed by atoms with E-state index < -0.39 is 0 Å². The van der Waals surface area contributed by atoms with Gasteiger partial charge in [0.05, 0.1) is 5.69 Å². The highest BCUT2D eigenvalue weighted by Gasteiger charge is 2.10. The average Bonchev–Trinajstić information content (AvgIpc) is 2.60. The normalized spacial score (nSPS) is 13.4. The van der Waals surface area contributed by atoms with Crippen molar-refractivity contribution in [3.8, 4) is 0 Å². The fourth-order valence-corrected chi connectivity index (χ4v) is 1.44. The maximum atomic E-state index is 4.28. The summed E-state index contributed by atoms with van der Waals surface area (Å²) in [5, 5.41) is 8.37. The monoisotopic (exact) mass is 175 g/mol. The molecule has 0 bridgehead atoms. The van der Waals surface area contributed by atoms with Crippen LogP contribution < -0.4 is 0 Å². The maximum Gasteiger partial charge on any atom is 0.155 e. The predicted octanol–water partition coefficient (Wildman–Crippen LogP) is 2.47. The van der Waals surface area contributed by atoms with Crippen molar-refractivity contribution in [1.29, 1.82) is 0 Å². The predicted molar refractivity (Wildman–Crippen MR) is 52.6 cm³/mol. The summed E-state index contributed by atoms with van der Waals surface area (Å²) in [6.45, 7) is 4.35. The highest BCUT2D eigenvalue weighted by molar-refractivity contribution is 5.77. The topological polar surface area (TPSA) is 41.6 Å². The van der Waals surface area contributed by atoms with E-state index >= 15 is 0 Å². The number of aromatic nitrogens is 3. The van der Waals surface area contributed by atoms with Gasteiger partial charge in [-0.1, -0.05) is 13.8 Å². The molecule has 0 aliphatic rings. The van der Waals surface area contributed by atoms with Crippen LogP contribution in [-0.4, -0.2) is 15.2 Å². The van der Waals surface area contributed by atoms with Crippen LogP contribution in [0.1, 0.15) is 31.9 Å². The first-order valence-corrected chi connectivity index (χ1v) is 4.62. The second-order valence-electron chi connectivity index (χ2n) is 3.32. The van der Waals surface area contributed by atoms with Crippen LogP contribution in [0.4, 0.5) is 0 Å². The smallest absolute Gasteiger partial charge is 0.155 e. The zero-order valence-corrected chi connectivity index (χ0v) is 7.91. The van der Waals surface area contributed by atoms with Gasteiger partial charge in [-0.3, -0.25) is 5.10 Å². The van der Waals surface area contributed by atoms with Gasteiger partial charge in [0, 0.05) is 17.5 Å². The van der Waals surface area contributed by atoms with Crippen molar-refractivity contribution in [2.75, 3.05) is 0 Å². The maximum absolute atomic E-state index is 4.28. The van der Waals surface area contributed by atoms with Crippen LogP contribution in [0.5, 0.6) is 0 Å². The van der Waals surface area contributed by atoms with Crippen molar-refractivity contribution >= 4 is 11.0 Å². The van der Waals surface area contributed by atoms with E-state index in [-0.39, 0.29) is 0 Å². The lowest BCUT2D eigenvalue weighted by molar-refractivity contribution is 0.708. The van der Waals surface area contributed by atoms with Gasteiger partial charge in [-0.2, -0.15) is 5.10 Å². The number of nitrogens with zero attached hydrogens (tertiary/aromatic N) is 2. The van der Waals surface area contributed by atoms with Gasteiger partial charge in [0.2, 0.25) is 0 Å². The Labute approximate surface area is 77.2 Å². The zero-order chi connectivity index (χ0) is 9.26. The Morgan fingerprint density at radius 1 is 1.54 bits per heavy atom. The molecule has 3 heteroatoms. The van der Waals surface area contributed by atoms with Gasteiger partial charge in [-0.05, 0) is 18.6 Å². The summed E-state index contributed by atoms with van der Waals surface area (Å²) in [6, 6.07) is 4.01. The molecule has 0 aliphatic carbocycles. The fourth-order valence-electron chi connectivity index (χ4n) is 1.44. The Balaban J connectivity index is 2.57. The molecular formula is C10H13N3. The standard InChI is InChI=1S/C10H13N3/c1-3-7(2)9-8-5-4-6-11-10(8)13-12-9/h4-7H,3H2,1-2H3,(H,11,12,13). The molecular weight excluding hydrogens is 162 g/mol. The first-order chi connectivity index (χ1) is 6.33. The second kappa shape index (κ2) is 3.17. The Bertz CT molecular complexity index is 405. The summed E-state index contributed by atoms with van der Waals surface area (Å²) in [7, 11) is 0. The minimum Gasteiger partial charge on any atom is -0.261 e. The van der Waals surface area contributed by atoms with Crippen LogP contribution in [-0.2, 0) is 0 Å². The summed E-state index contributed by atoms with van der Waals surface area (Å²) >= 11 is 0. The van der Waals surface area contributed by atoms with Crippen LogP contribution in [0.3, 0.4) is 0 Å². The molecule has 0 radical (unpaired) electrons. The minimum atomic E-state index is 0.498. The third-order valence-electron chi connectivity index (χ3n) is 2.45. The van der Waals surface area contributed by atoms with E-state index in [1.807, 2.05) is 6.07 Å². The molecule has 68 valence electrons. The van der Waals surface area contributed by atoms with Gasteiger partial charge in [0.1, 0.15) is 0 Å². The molecule has 0 amide bonds. The molecule has 0 saturated heterocycles. The van der Waals surface area contributed by atoms with E-state index in [1.165, 1.54) is 0 Å². The summed E-state index contributed by atoms with van der Waals surface area (Å²) < 4.78 is 0. The van der Waals surface area contributed by atoms with Gasteiger partial charge < -0.3 is 0 Å². The highest BCUT2D eigenvalue weighted by atomic mass is 15.1. The van der Waals surface area contributed by atoms with Gasteiger partial charge in [-0.25, -0.2) is 4.98 Å². The van der Waals surface area contributed by atoms with Crippen molar-refractivity contribution in [3.63, 3.8) is 0 Å². The van der Waals surface area contributed by atoms with Crippen molar-refractivity contribution in [3.05, 3.63) is 24.0 Å². The molecule has 2 aromatic heterocycles. The largest absolute Gasteiger partial charge is 0.261 e. The molecule has 2 aromatic rings. The van der Waals surface area contributed by atoms with Crippen LogP contribution in [0.15, 0.2) is 18.3 Å². The number of hydrogen-bond acceptors (Lipinski definition) is 2. The summed E-state index contributed by atoms with van der Waals surface area (Å²) in [5.41, 5.74) is 2.02. The molecule has 1 N–H and O–H groups in total. The Kier molecular flexibility index (Phi) is 2.00. The Hall–Kier alpha value is -1.38. The van der Waals surface area contributed by atoms with Crippen molar-refractivity contribution < 1.29 is 0 Å². The first kappa shape index (κ1) is 8.23. The van der Waals surface area contributed by atoms with Crippen LogP contribution in [0.25, 0.3) is 11.0 Å². The number of rotatable bonds is 2. The van der Waals surface area contributed by atoms with E-state index in [9.17, 15) is 0 Å². The molecule has 3 nitrogen and oxygen atoms in total. The van der Waals surface area contributed by atoms with E-state index in [2.05, 4.69) is 35.1 Å². The van der Waals surface area contributed by atoms with E-state index in [0.717, 1.165) is 23.1 Å². The Morgan fingerprint density at radius 2 is 2.38 bits per heavy atom. The molecule has 13 heavy (non-hydrogen) atoms. The zero-order valence-electron chi connectivity index (χ0n) is 7.91. The van der Waals surface area contributed by atoms with E-state index in [0.29, 0.717) is 5.92 Å². The third kappa shape index (κ3) is 1.30. The second-order valence-corrected chi connectivity index (χ2v) is 3.32. The number of H-pyrrole nitrogens is 1. The first-order valence-electron chi connectivity index (χ1n) is 4.62. The van der Waals surface area contributed by atoms with Gasteiger partial charge >= 0.3 is 0 Å². The molecule has 0 aliphatic heterocycles. The molecule has 1 unspecified atom stereocenters. The summed E-state index contributed by atoms with van der Waals surface area (Å²) in [4.78, 5) is 4.20. The fraction of sp³-hybridized carbons (Fsp3) is 0.400. The van der Waals surface area contributed by atoms with Crippen LogP contribution >= 0.6 is 0 Å². The summed E-state index contributed by atoms with van der Waals surface area (Å²) in [6.07, 6.45) is 2.88. The number of nitrogens with one attached hydrogen (secondary N) is 1. The lowest BCUT2D eigenvalue weighted by Gasteiger charge is -2.03. The molecule has 0 saturated carbocycles. The average molecular weight is 175 g/mol. The number of aromatic amines is 1. The number of pyridine rings is 1. The minimum absolute atomic E-state index is 0.498. The highest BCUT2D eigenvalue weighted by Crippen LogP contribution is 2.23. The number of hydrogen-bond donors (Lipinski definition) is 1. The lowest BCUT2D eigenvalue weighted by Crippen LogP contribution is -1.91. The van der Waals surface area contributed by atoms with E-state index in [1.54, 1.807) is 6.20 Å². The van der Waals surface area contributed by atoms with Crippen molar-refractivity contribution in [2.24, 2.45) is 0 Å². The summed E-state index contributed by atoms with van der Waals surface area (Å²) in [5.74, 6) is 0.498. The van der Waals surface area contributed by atoms with Crippen LogP contribution in [0, 0.1) is 0 Å². The lowest BCUT2D eigenvalue weighted by atomic mass is 10.0. The van der Waals surface area contributed by atoms with Crippen molar-refractivity contribution in [2.45, 2.75) is 26.2 Å². The molecule has 2 rings (SSSR count). The third-order valence-corrected chi connectivity index (χ3v) is 2.45. The van der Waals surface area contributed by atoms with Gasteiger partial charge in [0.15, 0.2) is 5.65 Å². The quantitative estimate of drug-likeness (QED) is 0.761. The number of fused-ring (bicyclic) bond motifs is 1.